The van der Waals surface area contributed by atoms with E-state index in [9.17, 15) is 14.4 Å². The van der Waals surface area contributed by atoms with Crippen LogP contribution in [0.3, 0.4) is 0 Å². The quantitative estimate of drug-likeness (QED) is 0.810. The molecule has 0 fully saturated rings. The summed E-state index contributed by atoms with van der Waals surface area (Å²) < 4.78 is 0. The number of carbonyl (C=O) groups excluding carboxylic acids is 3. The van der Waals surface area contributed by atoms with Crippen LogP contribution in [0.2, 0.25) is 5.02 Å². The van der Waals surface area contributed by atoms with Crippen molar-refractivity contribution in [3.8, 4) is 0 Å². The summed E-state index contributed by atoms with van der Waals surface area (Å²) in [6, 6.07) is 10.5. The maximum Gasteiger partial charge on any atom is 0.261 e. The third-order valence-electron chi connectivity index (χ3n) is 4.36. The summed E-state index contributed by atoms with van der Waals surface area (Å²) in [6.45, 7) is 4.03. The molecule has 0 aromatic heterocycles. The lowest BCUT2D eigenvalue weighted by atomic mass is 10.1. The second-order valence-corrected chi connectivity index (χ2v) is 6.81. The highest BCUT2D eigenvalue weighted by atomic mass is 35.5. The summed E-state index contributed by atoms with van der Waals surface area (Å²) in [5, 5.41) is 3.31. The van der Waals surface area contributed by atoms with Gasteiger partial charge in [0.25, 0.3) is 11.8 Å². The highest BCUT2D eigenvalue weighted by molar-refractivity contribution is 6.34. The molecule has 3 rings (SSSR count). The van der Waals surface area contributed by atoms with Crippen molar-refractivity contribution >= 4 is 35.0 Å². The number of nitrogens with zero attached hydrogens (tertiary/aromatic N) is 1. The zero-order valence-corrected chi connectivity index (χ0v) is 15.4. The molecular weight excluding hydrogens is 352 g/mol. The Balaban J connectivity index is 1.57. The minimum absolute atomic E-state index is 0.192. The number of halogens is 1. The van der Waals surface area contributed by atoms with E-state index in [1.807, 2.05) is 19.9 Å². The van der Waals surface area contributed by atoms with Gasteiger partial charge in [0.05, 0.1) is 21.8 Å². The van der Waals surface area contributed by atoms with E-state index in [0.717, 1.165) is 11.1 Å². The van der Waals surface area contributed by atoms with Gasteiger partial charge >= 0.3 is 0 Å². The number of carbonyl (C=O) groups is 3. The molecule has 0 aliphatic carbocycles. The fraction of sp³-hybridized carbons (Fsp3) is 0.250. The molecule has 134 valence electrons. The van der Waals surface area contributed by atoms with E-state index in [2.05, 4.69) is 5.32 Å². The van der Waals surface area contributed by atoms with E-state index >= 15 is 0 Å². The normalized spacial score (nSPS) is 13.1. The zero-order valence-electron chi connectivity index (χ0n) is 14.6. The van der Waals surface area contributed by atoms with Crippen LogP contribution in [0.15, 0.2) is 36.4 Å². The van der Waals surface area contributed by atoms with Gasteiger partial charge in [0.2, 0.25) is 5.91 Å². The van der Waals surface area contributed by atoms with Crippen LogP contribution in [0.1, 0.15) is 44.7 Å². The van der Waals surface area contributed by atoms with Crippen molar-refractivity contribution in [3.05, 3.63) is 63.7 Å². The maximum atomic E-state index is 12.3. The minimum atomic E-state index is -0.302. The number of fused-ring (bicyclic) bond motifs is 1. The van der Waals surface area contributed by atoms with Crippen LogP contribution in [0.4, 0.5) is 5.69 Å². The van der Waals surface area contributed by atoms with E-state index in [1.54, 1.807) is 30.3 Å². The second-order valence-electron chi connectivity index (χ2n) is 6.40. The monoisotopic (exact) mass is 370 g/mol. The third kappa shape index (κ3) is 3.48. The molecule has 1 aliphatic rings. The van der Waals surface area contributed by atoms with Crippen molar-refractivity contribution in [3.63, 3.8) is 0 Å². The Kier molecular flexibility index (Phi) is 5.09. The molecule has 0 spiro atoms. The highest BCUT2D eigenvalue weighted by Crippen LogP contribution is 2.27. The van der Waals surface area contributed by atoms with Gasteiger partial charge in [0.15, 0.2) is 0 Å². The van der Waals surface area contributed by atoms with Crippen LogP contribution < -0.4 is 5.32 Å². The molecule has 5 nitrogen and oxygen atoms in total. The summed E-state index contributed by atoms with van der Waals surface area (Å²) in [5.41, 5.74) is 3.36. The van der Waals surface area contributed by atoms with Crippen LogP contribution >= 0.6 is 11.6 Å². The van der Waals surface area contributed by atoms with E-state index in [0.29, 0.717) is 28.3 Å². The molecule has 6 heteroatoms. The Labute approximate surface area is 156 Å². The molecule has 0 saturated heterocycles. The molecule has 0 saturated carbocycles. The fourth-order valence-electron chi connectivity index (χ4n) is 3.12. The van der Waals surface area contributed by atoms with Crippen molar-refractivity contribution in [1.82, 2.24) is 4.90 Å². The van der Waals surface area contributed by atoms with Crippen LogP contribution in [0.5, 0.6) is 0 Å². The molecule has 26 heavy (non-hydrogen) atoms. The van der Waals surface area contributed by atoms with Crippen molar-refractivity contribution in [2.75, 3.05) is 11.9 Å². The SMILES string of the molecule is Cc1cc(C)c(NC(=O)CCCN2C(=O)c3ccccc3C2=O)c(Cl)c1. The van der Waals surface area contributed by atoms with Gasteiger partial charge in [-0.3, -0.25) is 19.3 Å². The lowest BCUT2D eigenvalue weighted by Crippen LogP contribution is -2.31. The van der Waals surface area contributed by atoms with Gasteiger partial charge in [0.1, 0.15) is 0 Å². The third-order valence-corrected chi connectivity index (χ3v) is 4.66. The number of benzene rings is 2. The number of imide groups is 1. The van der Waals surface area contributed by atoms with Gasteiger partial charge in [-0.05, 0) is 49.6 Å². The Morgan fingerprint density at radius 1 is 1.08 bits per heavy atom. The Bertz CT molecular complexity index is 850. The van der Waals surface area contributed by atoms with Gasteiger partial charge in [-0.15, -0.1) is 0 Å². The molecule has 3 amide bonds. The summed E-state index contributed by atoms with van der Waals surface area (Å²) >= 11 is 6.19. The van der Waals surface area contributed by atoms with Gasteiger partial charge in [-0.2, -0.15) is 0 Å². The van der Waals surface area contributed by atoms with Crippen LogP contribution in [-0.2, 0) is 4.79 Å². The molecule has 1 aliphatic heterocycles. The number of hydrogen-bond donors (Lipinski definition) is 1. The first-order valence-corrected chi connectivity index (χ1v) is 8.78. The number of rotatable bonds is 5. The zero-order chi connectivity index (χ0) is 18.8. The van der Waals surface area contributed by atoms with Crippen LogP contribution in [0.25, 0.3) is 0 Å². The summed E-state index contributed by atoms with van der Waals surface area (Å²) in [6.07, 6.45) is 0.580. The highest BCUT2D eigenvalue weighted by Gasteiger charge is 2.34. The predicted octanol–water partition coefficient (Wildman–Crippen LogP) is 3.97. The molecule has 0 unspecified atom stereocenters. The molecule has 1 N–H and O–H groups in total. The van der Waals surface area contributed by atoms with Crippen LogP contribution in [0, 0.1) is 13.8 Å². The summed E-state index contributed by atoms with van der Waals surface area (Å²) in [7, 11) is 0. The molecular formula is C20H19ClN2O3. The van der Waals surface area contributed by atoms with Gasteiger partial charge < -0.3 is 5.32 Å². The largest absolute Gasteiger partial charge is 0.325 e. The van der Waals surface area contributed by atoms with E-state index < -0.39 is 0 Å². The fourth-order valence-corrected chi connectivity index (χ4v) is 3.48. The number of anilines is 1. The molecule has 0 bridgehead atoms. The minimum Gasteiger partial charge on any atom is -0.325 e. The van der Waals surface area contributed by atoms with Crippen molar-refractivity contribution in [2.24, 2.45) is 0 Å². The first-order chi connectivity index (χ1) is 12.4. The van der Waals surface area contributed by atoms with E-state index in [4.69, 9.17) is 11.6 Å². The molecule has 2 aromatic carbocycles. The Morgan fingerprint density at radius 2 is 1.69 bits per heavy atom. The van der Waals surface area contributed by atoms with Crippen LogP contribution in [-0.4, -0.2) is 29.2 Å². The topological polar surface area (TPSA) is 66.5 Å². The van der Waals surface area contributed by atoms with E-state index in [-0.39, 0.29) is 30.7 Å². The number of amides is 3. The van der Waals surface area contributed by atoms with Gasteiger partial charge in [0, 0.05) is 13.0 Å². The number of hydrogen-bond acceptors (Lipinski definition) is 3. The lowest BCUT2D eigenvalue weighted by Gasteiger charge is -2.14. The van der Waals surface area contributed by atoms with Crippen molar-refractivity contribution in [2.45, 2.75) is 26.7 Å². The predicted molar refractivity (Wildman–Crippen MR) is 101 cm³/mol. The molecule has 0 atom stereocenters. The molecule has 2 aromatic rings. The van der Waals surface area contributed by atoms with Crippen molar-refractivity contribution in [1.29, 1.82) is 0 Å². The van der Waals surface area contributed by atoms with Crippen molar-refractivity contribution < 1.29 is 14.4 Å². The second kappa shape index (κ2) is 7.30. The van der Waals surface area contributed by atoms with Gasteiger partial charge in [-0.1, -0.05) is 29.8 Å². The number of aryl methyl sites for hydroxylation is 2. The molecule has 1 heterocycles. The average Bonchev–Trinajstić information content (AvgIpc) is 2.83. The standard InChI is InChI=1S/C20H19ClN2O3/c1-12-10-13(2)18(16(21)11-12)22-17(24)8-5-9-23-19(25)14-6-3-4-7-15(14)20(23)26/h3-4,6-7,10-11H,5,8-9H2,1-2H3,(H,22,24). The smallest absolute Gasteiger partial charge is 0.261 e. The first-order valence-electron chi connectivity index (χ1n) is 8.40. The Hall–Kier alpha value is -2.66. The lowest BCUT2D eigenvalue weighted by molar-refractivity contribution is -0.116. The Morgan fingerprint density at radius 3 is 2.27 bits per heavy atom. The maximum absolute atomic E-state index is 12.3. The first kappa shape index (κ1) is 18.1. The van der Waals surface area contributed by atoms with Gasteiger partial charge in [-0.25, -0.2) is 0 Å². The summed E-state index contributed by atoms with van der Waals surface area (Å²) in [5.74, 6) is -0.803. The molecule has 0 radical (unpaired) electrons. The number of nitrogens with one attached hydrogen (secondary N) is 1. The van der Waals surface area contributed by atoms with E-state index in [1.165, 1.54) is 4.90 Å². The average molecular weight is 371 g/mol. The summed E-state index contributed by atoms with van der Waals surface area (Å²) in [4.78, 5) is 38.0.